The third kappa shape index (κ3) is 6.82. The lowest BCUT2D eigenvalue weighted by molar-refractivity contribution is -0.132. The Kier molecular flexibility index (Phi) is 9.17. The first kappa shape index (κ1) is 29.5. The molecule has 43 heavy (non-hydrogen) atoms. The fraction of sp³-hybridized carbons (Fsp3) is 0.371. The monoisotopic (exact) mass is 596 g/mol. The zero-order valence-electron chi connectivity index (χ0n) is 24.8. The Hall–Kier alpha value is -3.59. The molecule has 1 fully saturated rings. The van der Waals surface area contributed by atoms with E-state index in [0.717, 1.165) is 72.8 Å². The van der Waals surface area contributed by atoms with E-state index in [1.54, 1.807) is 18.9 Å². The zero-order valence-corrected chi connectivity index (χ0v) is 25.6. The van der Waals surface area contributed by atoms with Crippen molar-refractivity contribution >= 4 is 40.2 Å². The lowest BCUT2D eigenvalue weighted by Gasteiger charge is -2.34. The molecule has 3 N–H and O–H groups in total. The fourth-order valence-corrected chi connectivity index (χ4v) is 7.29. The summed E-state index contributed by atoms with van der Waals surface area (Å²) >= 11 is 1.57. The summed E-state index contributed by atoms with van der Waals surface area (Å²) in [5, 5.41) is 4.18. The summed E-state index contributed by atoms with van der Waals surface area (Å²) in [5.74, 6) is 0.954. The molecule has 0 aliphatic carbocycles. The van der Waals surface area contributed by atoms with E-state index in [-0.39, 0.29) is 17.9 Å². The summed E-state index contributed by atoms with van der Waals surface area (Å²) in [6.07, 6.45) is 4.04. The molecule has 2 atom stereocenters. The van der Waals surface area contributed by atoms with Gasteiger partial charge in [0.1, 0.15) is 0 Å². The first-order valence-electron chi connectivity index (χ1n) is 15.2. The average Bonchev–Trinajstić information content (AvgIpc) is 3.40. The van der Waals surface area contributed by atoms with Crippen molar-refractivity contribution in [2.45, 2.75) is 55.5 Å². The number of anilines is 1. The number of methoxy groups -OCH3 is 1. The highest BCUT2D eigenvalue weighted by Crippen LogP contribution is 2.35. The highest BCUT2D eigenvalue weighted by molar-refractivity contribution is 8.00. The number of carbonyl (C=O) groups excluding carboxylic acids is 2. The molecule has 224 valence electrons. The molecule has 7 nitrogen and oxygen atoms in total. The van der Waals surface area contributed by atoms with Crippen molar-refractivity contribution in [2.24, 2.45) is 5.73 Å². The van der Waals surface area contributed by atoms with Gasteiger partial charge in [-0.25, -0.2) is 0 Å². The average molecular weight is 597 g/mol. The molecular weight excluding hydrogens is 556 g/mol. The summed E-state index contributed by atoms with van der Waals surface area (Å²) in [7, 11) is 1.75. The predicted molar refractivity (Wildman–Crippen MR) is 175 cm³/mol. The van der Waals surface area contributed by atoms with Gasteiger partial charge >= 0.3 is 0 Å². The number of aromatic nitrogens is 1. The van der Waals surface area contributed by atoms with Gasteiger partial charge in [0.15, 0.2) is 0 Å². The van der Waals surface area contributed by atoms with Crippen LogP contribution in [0, 0.1) is 0 Å². The van der Waals surface area contributed by atoms with Crippen molar-refractivity contribution in [2.75, 3.05) is 37.9 Å². The Morgan fingerprint density at radius 2 is 1.91 bits per heavy atom. The number of hydrogen-bond donors (Lipinski definition) is 2. The minimum Gasteiger partial charge on any atom is -0.385 e. The molecule has 0 spiro atoms. The molecule has 6 rings (SSSR count). The van der Waals surface area contributed by atoms with E-state index >= 15 is 0 Å². The lowest BCUT2D eigenvalue weighted by Crippen LogP contribution is -2.42. The first-order valence-corrected chi connectivity index (χ1v) is 16.2. The number of thioether (sulfide) groups is 1. The summed E-state index contributed by atoms with van der Waals surface area (Å²) in [5.41, 5.74) is 13.3. The number of hydrogen-bond acceptors (Lipinski definition) is 5. The molecule has 3 aromatic carbocycles. The fourth-order valence-electron chi connectivity index (χ4n) is 6.45. The van der Waals surface area contributed by atoms with Crippen LogP contribution < -0.4 is 11.1 Å². The number of nitrogens with zero attached hydrogens (tertiary/aromatic N) is 2. The van der Waals surface area contributed by atoms with E-state index in [4.69, 9.17) is 10.5 Å². The topological polar surface area (TPSA) is 89.6 Å². The maximum Gasteiger partial charge on any atom is 0.234 e. The number of fused-ring (bicyclic) bond motifs is 2. The van der Waals surface area contributed by atoms with Crippen molar-refractivity contribution in [3.8, 4) is 11.1 Å². The molecule has 0 bridgehead atoms. The SMILES string of the molecule is COCCCn1c(C2CCCN(C(=O)CC(N)Cc3ccc(-c4ccc5c(c4)SCC(=O)N5)cc3)C2)cc2ccccc21. The Labute approximate surface area is 257 Å². The molecule has 2 aliphatic heterocycles. The van der Waals surface area contributed by atoms with Crippen LogP contribution in [0.3, 0.4) is 0 Å². The van der Waals surface area contributed by atoms with Gasteiger partial charge in [0.2, 0.25) is 11.8 Å². The minimum atomic E-state index is -0.233. The van der Waals surface area contributed by atoms with Gasteiger partial charge < -0.3 is 25.3 Å². The number of nitrogens with two attached hydrogens (primary N) is 1. The van der Waals surface area contributed by atoms with Crippen molar-refractivity contribution in [1.82, 2.24) is 9.47 Å². The number of likely N-dealkylation sites (tertiary alicyclic amines) is 1. The van der Waals surface area contributed by atoms with Gasteiger partial charge in [-0.3, -0.25) is 9.59 Å². The Morgan fingerprint density at radius 1 is 1.09 bits per heavy atom. The number of ether oxygens (including phenoxy) is 1. The van der Waals surface area contributed by atoms with E-state index in [2.05, 4.69) is 70.5 Å². The Balaban J connectivity index is 1.07. The lowest BCUT2D eigenvalue weighted by atomic mass is 9.93. The molecule has 2 unspecified atom stereocenters. The summed E-state index contributed by atoms with van der Waals surface area (Å²) in [6, 6.07) is 25.2. The molecule has 2 amide bonds. The van der Waals surface area contributed by atoms with Crippen LogP contribution in [-0.2, 0) is 27.3 Å². The number of rotatable bonds is 10. The summed E-state index contributed by atoms with van der Waals surface area (Å²) < 4.78 is 7.76. The molecule has 3 heterocycles. The molecule has 1 saturated heterocycles. The van der Waals surface area contributed by atoms with Gasteiger partial charge in [-0.2, -0.15) is 0 Å². The Bertz CT molecular complexity index is 1600. The standard InChI is InChI=1S/C35H40N4O3S/c1-42-17-5-16-39-31-8-3-2-6-27(31)19-32(39)28-7-4-15-38(22-28)35(41)21-29(36)18-24-9-11-25(12-10-24)26-13-14-30-33(20-26)43-23-34(40)37-30/h2-3,6,8-14,19-20,28-29H,4-5,7,15-18,21-23,36H2,1H3,(H,37,40). The number of carbonyl (C=O) groups is 2. The van der Waals surface area contributed by atoms with Crippen LogP contribution in [-0.4, -0.2) is 59.9 Å². The number of nitrogens with one attached hydrogen (secondary N) is 1. The van der Waals surface area contributed by atoms with E-state index < -0.39 is 0 Å². The first-order chi connectivity index (χ1) is 21.0. The van der Waals surface area contributed by atoms with Crippen molar-refractivity contribution in [3.05, 3.63) is 84.1 Å². The normalized spacial score (nSPS) is 17.5. The van der Waals surface area contributed by atoms with Gasteiger partial charge in [-0.15, -0.1) is 11.8 Å². The second-order valence-corrected chi connectivity index (χ2v) is 12.7. The maximum atomic E-state index is 13.4. The number of aryl methyl sites for hydroxylation is 1. The van der Waals surface area contributed by atoms with Crippen molar-refractivity contribution in [1.29, 1.82) is 0 Å². The molecule has 0 radical (unpaired) electrons. The number of amides is 2. The van der Waals surface area contributed by atoms with Gasteiger partial charge in [0, 0.05) is 67.8 Å². The highest BCUT2D eigenvalue weighted by Gasteiger charge is 2.28. The van der Waals surface area contributed by atoms with Crippen LogP contribution in [0.4, 0.5) is 5.69 Å². The van der Waals surface area contributed by atoms with Gasteiger partial charge in [0.25, 0.3) is 0 Å². The third-order valence-electron chi connectivity index (χ3n) is 8.60. The number of benzene rings is 3. The quantitative estimate of drug-likeness (QED) is 0.218. The molecule has 1 aromatic heterocycles. The maximum absolute atomic E-state index is 13.4. The van der Waals surface area contributed by atoms with Crippen LogP contribution in [0.5, 0.6) is 0 Å². The largest absolute Gasteiger partial charge is 0.385 e. The van der Waals surface area contributed by atoms with E-state index in [1.807, 2.05) is 17.0 Å². The summed E-state index contributed by atoms with van der Waals surface area (Å²) in [6.45, 7) is 3.18. The molecule has 4 aromatic rings. The third-order valence-corrected chi connectivity index (χ3v) is 9.66. The van der Waals surface area contributed by atoms with E-state index in [1.165, 1.54) is 16.6 Å². The van der Waals surface area contributed by atoms with Crippen LogP contribution in [0.1, 0.15) is 42.9 Å². The van der Waals surface area contributed by atoms with Gasteiger partial charge in [-0.1, -0.05) is 48.5 Å². The van der Waals surface area contributed by atoms with E-state index in [9.17, 15) is 9.59 Å². The predicted octanol–water partition coefficient (Wildman–Crippen LogP) is 6.06. The number of para-hydroxylation sites is 1. The van der Waals surface area contributed by atoms with E-state index in [0.29, 0.717) is 24.5 Å². The molecular formula is C35H40N4O3S. The highest BCUT2D eigenvalue weighted by atomic mass is 32.2. The van der Waals surface area contributed by atoms with Crippen molar-refractivity contribution in [3.63, 3.8) is 0 Å². The van der Waals surface area contributed by atoms with Gasteiger partial charge in [0.05, 0.1) is 11.4 Å². The second kappa shape index (κ2) is 13.4. The second-order valence-electron chi connectivity index (χ2n) is 11.7. The van der Waals surface area contributed by atoms with Crippen LogP contribution >= 0.6 is 11.8 Å². The molecule has 8 heteroatoms. The zero-order chi connectivity index (χ0) is 29.8. The molecule has 0 saturated carbocycles. The smallest absolute Gasteiger partial charge is 0.234 e. The molecule has 2 aliphatic rings. The van der Waals surface area contributed by atoms with Crippen LogP contribution in [0.15, 0.2) is 77.7 Å². The Morgan fingerprint density at radius 3 is 2.74 bits per heavy atom. The van der Waals surface area contributed by atoms with Crippen molar-refractivity contribution < 1.29 is 14.3 Å². The van der Waals surface area contributed by atoms with Crippen LogP contribution in [0.2, 0.25) is 0 Å². The summed E-state index contributed by atoms with van der Waals surface area (Å²) in [4.78, 5) is 28.2. The van der Waals surface area contributed by atoms with Crippen LogP contribution in [0.25, 0.3) is 22.0 Å². The number of piperidine rings is 1. The minimum absolute atomic E-state index is 0.0436. The van der Waals surface area contributed by atoms with Gasteiger partial charge in [-0.05, 0) is 72.0 Å².